The van der Waals surface area contributed by atoms with Crippen molar-refractivity contribution in [2.24, 2.45) is 0 Å². The van der Waals surface area contributed by atoms with Crippen molar-refractivity contribution in [1.82, 2.24) is 10.2 Å². The van der Waals surface area contributed by atoms with Gasteiger partial charge in [-0.1, -0.05) is 89.8 Å². The molecule has 0 spiro atoms. The lowest BCUT2D eigenvalue weighted by molar-refractivity contribution is -0.117. The molecule has 0 bridgehead atoms. The van der Waals surface area contributed by atoms with E-state index in [0.717, 1.165) is 16.9 Å². The van der Waals surface area contributed by atoms with Crippen LogP contribution in [0.3, 0.4) is 0 Å². The predicted molar refractivity (Wildman–Crippen MR) is 162 cm³/mol. The van der Waals surface area contributed by atoms with Crippen LogP contribution >= 0.6 is 34.4 Å². The Bertz CT molecular complexity index is 1770. The molecular formula is C31H22FN3O4S3. The van der Waals surface area contributed by atoms with Gasteiger partial charge in [0.15, 0.2) is 10.1 Å². The molecule has 0 fully saturated rings. The lowest BCUT2D eigenvalue weighted by atomic mass is 9.95. The Hall–Kier alpha value is -4.32. The van der Waals surface area contributed by atoms with Crippen LogP contribution in [0.25, 0.3) is 0 Å². The second kappa shape index (κ2) is 12.3. The topological polar surface area (TPSA) is 92.6 Å². The molecule has 7 nitrogen and oxygen atoms in total. The monoisotopic (exact) mass is 615 g/mol. The standard InChI is InChI=1S/C31H22FN3O4S3/c32-23-13-5-4-10-21(23)18-41-31-34-33-30(42-31)35-26(25(28(37)29(35)38)27(36)24-14-7-15-40-24)20-11-6-12-22(16-20)39-17-19-8-2-1-3-9-19/h1-16,26,37H,17-18H2. The molecule has 2 aromatic heterocycles. The molecule has 11 heteroatoms. The van der Waals surface area contributed by atoms with E-state index in [9.17, 15) is 19.1 Å². The summed E-state index contributed by atoms with van der Waals surface area (Å²) in [6.07, 6.45) is 0. The molecule has 1 amide bonds. The minimum atomic E-state index is -0.968. The van der Waals surface area contributed by atoms with E-state index in [2.05, 4.69) is 10.2 Å². The van der Waals surface area contributed by atoms with Gasteiger partial charge in [0.1, 0.15) is 18.2 Å². The maximum absolute atomic E-state index is 14.1. The molecule has 42 heavy (non-hydrogen) atoms. The van der Waals surface area contributed by atoms with Gasteiger partial charge in [-0.25, -0.2) is 4.39 Å². The van der Waals surface area contributed by atoms with Crippen LogP contribution in [-0.4, -0.2) is 27.0 Å². The summed E-state index contributed by atoms with van der Waals surface area (Å²) in [4.78, 5) is 28.8. The highest BCUT2D eigenvalue weighted by Crippen LogP contribution is 2.44. The van der Waals surface area contributed by atoms with Crippen LogP contribution in [0, 0.1) is 5.82 Å². The van der Waals surface area contributed by atoms with Crippen LogP contribution < -0.4 is 9.64 Å². The molecule has 0 saturated heterocycles. The van der Waals surface area contributed by atoms with Crippen LogP contribution in [0.4, 0.5) is 9.52 Å². The van der Waals surface area contributed by atoms with Crippen molar-refractivity contribution >= 4 is 51.3 Å². The lowest BCUT2D eigenvalue weighted by Gasteiger charge is -2.24. The number of benzene rings is 3. The number of anilines is 1. The molecule has 3 aromatic carbocycles. The summed E-state index contributed by atoms with van der Waals surface area (Å²) in [7, 11) is 0. The Morgan fingerprint density at radius 2 is 1.81 bits per heavy atom. The molecule has 0 radical (unpaired) electrons. The van der Waals surface area contributed by atoms with E-state index in [-0.39, 0.29) is 16.5 Å². The number of rotatable bonds is 10. The summed E-state index contributed by atoms with van der Waals surface area (Å²) in [6, 6.07) is 25.7. The van der Waals surface area contributed by atoms with E-state index in [4.69, 9.17) is 4.74 Å². The normalized spacial score (nSPS) is 14.9. The van der Waals surface area contributed by atoms with Gasteiger partial charge in [-0.2, -0.15) is 0 Å². The molecular weight excluding hydrogens is 594 g/mol. The zero-order valence-corrected chi connectivity index (χ0v) is 24.3. The fraction of sp³-hybridized carbons (Fsp3) is 0.0968. The molecule has 1 aliphatic heterocycles. The van der Waals surface area contributed by atoms with Gasteiger partial charge in [-0.15, -0.1) is 21.5 Å². The summed E-state index contributed by atoms with van der Waals surface area (Å²) in [5, 5.41) is 21.4. The van der Waals surface area contributed by atoms with Crippen LogP contribution in [0.15, 0.2) is 112 Å². The third kappa shape index (κ3) is 5.71. The van der Waals surface area contributed by atoms with Gasteiger partial charge in [-0.3, -0.25) is 14.5 Å². The minimum absolute atomic E-state index is 0.0431. The number of aromatic nitrogens is 2. The number of aliphatic hydroxyl groups excluding tert-OH is 1. The number of aliphatic hydroxyl groups is 1. The number of ketones is 1. The van der Waals surface area contributed by atoms with E-state index in [1.54, 1.807) is 60.0 Å². The first-order valence-corrected chi connectivity index (χ1v) is 15.5. The minimum Gasteiger partial charge on any atom is -0.503 e. The number of nitrogens with zero attached hydrogens (tertiary/aromatic N) is 3. The third-order valence-electron chi connectivity index (χ3n) is 6.53. The van der Waals surface area contributed by atoms with Crippen LogP contribution in [-0.2, 0) is 17.2 Å². The number of Topliss-reactive ketones (excluding diaryl/α,β-unsaturated/α-hetero) is 1. The largest absolute Gasteiger partial charge is 0.503 e. The highest BCUT2D eigenvalue weighted by Gasteiger charge is 2.46. The van der Waals surface area contributed by atoms with E-state index in [1.165, 1.54) is 34.1 Å². The molecule has 3 heterocycles. The highest BCUT2D eigenvalue weighted by molar-refractivity contribution is 8.00. The molecule has 6 rings (SSSR count). The molecule has 0 aliphatic carbocycles. The zero-order valence-electron chi connectivity index (χ0n) is 21.8. The number of thioether (sulfide) groups is 1. The fourth-order valence-corrected chi connectivity index (χ4v) is 7.05. The Labute approximate surface area is 252 Å². The number of hydrogen-bond donors (Lipinski definition) is 1. The van der Waals surface area contributed by atoms with Crippen molar-refractivity contribution in [2.45, 2.75) is 22.7 Å². The van der Waals surface area contributed by atoms with Crippen molar-refractivity contribution in [2.75, 3.05) is 4.90 Å². The number of thiophene rings is 1. The molecule has 1 aliphatic rings. The Kier molecular flexibility index (Phi) is 8.13. The number of ether oxygens (including phenoxy) is 1. The van der Waals surface area contributed by atoms with E-state index in [1.807, 2.05) is 30.3 Å². The maximum Gasteiger partial charge on any atom is 0.296 e. The van der Waals surface area contributed by atoms with Crippen LogP contribution in [0.5, 0.6) is 5.75 Å². The first-order valence-electron chi connectivity index (χ1n) is 12.8. The quantitative estimate of drug-likeness (QED) is 0.0995. The van der Waals surface area contributed by atoms with Crippen LogP contribution in [0.1, 0.15) is 32.4 Å². The first kappa shape index (κ1) is 27.8. The molecule has 1 unspecified atom stereocenters. The Balaban J connectivity index is 1.33. The molecule has 1 atom stereocenters. The fourth-order valence-electron chi connectivity index (χ4n) is 4.52. The van der Waals surface area contributed by atoms with Crippen molar-refractivity contribution in [3.63, 3.8) is 0 Å². The van der Waals surface area contributed by atoms with Gasteiger partial charge < -0.3 is 9.84 Å². The smallest absolute Gasteiger partial charge is 0.296 e. The van der Waals surface area contributed by atoms with Gasteiger partial charge >= 0.3 is 0 Å². The average Bonchev–Trinajstić information content (AvgIpc) is 3.77. The molecule has 5 aromatic rings. The SMILES string of the molecule is O=C(C1=C(O)C(=O)N(c2nnc(SCc3ccccc3F)s2)C1c1cccc(OCc2ccccc2)c1)c1cccs1. The maximum atomic E-state index is 14.1. The predicted octanol–water partition coefficient (Wildman–Crippen LogP) is 7.39. The van der Waals surface area contributed by atoms with Crippen molar-refractivity contribution in [3.8, 4) is 5.75 Å². The lowest BCUT2D eigenvalue weighted by Crippen LogP contribution is -2.31. The van der Waals surface area contributed by atoms with Crippen molar-refractivity contribution < 1.29 is 23.8 Å². The van der Waals surface area contributed by atoms with E-state index >= 15 is 0 Å². The summed E-state index contributed by atoms with van der Waals surface area (Å²) in [5.74, 6) is -1.29. The molecule has 0 saturated carbocycles. The number of hydrogen-bond acceptors (Lipinski definition) is 9. The number of carbonyl (C=O) groups excluding carboxylic acids is 2. The summed E-state index contributed by atoms with van der Waals surface area (Å²) in [6.45, 7) is 0.332. The van der Waals surface area contributed by atoms with Gasteiger partial charge in [0.2, 0.25) is 10.9 Å². The van der Waals surface area contributed by atoms with Gasteiger partial charge in [0.25, 0.3) is 5.91 Å². The van der Waals surface area contributed by atoms with Gasteiger partial charge in [-0.05, 0) is 46.3 Å². The van der Waals surface area contributed by atoms with Gasteiger partial charge in [0, 0.05) is 5.75 Å². The summed E-state index contributed by atoms with van der Waals surface area (Å²) >= 11 is 3.64. The van der Waals surface area contributed by atoms with Crippen molar-refractivity contribution in [1.29, 1.82) is 0 Å². The summed E-state index contributed by atoms with van der Waals surface area (Å²) in [5.41, 5.74) is 2.03. The molecule has 1 N–H and O–H groups in total. The number of carbonyl (C=O) groups is 2. The van der Waals surface area contributed by atoms with E-state index < -0.39 is 23.5 Å². The Morgan fingerprint density at radius 3 is 2.60 bits per heavy atom. The van der Waals surface area contributed by atoms with Crippen molar-refractivity contribution in [3.05, 3.63) is 135 Å². The number of halogens is 1. The average molecular weight is 616 g/mol. The second-order valence-electron chi connectivity index (χ2n) is 9.22. The van der Waals surface area contributed by atoms with E-state index in [0.29, 0.717) is 38.5 Å². The zero-order chi connectivity index (χ0) is 29.1. The second-order valence-corrected chi connectivity index (χ2v) is 12.3. The first-order chi connectivity index (χ1) is 20.5. The Morgan fingerprint density at radius 1 is 1.00 bits per heavy atom. The summed E-state index contributed by atoms with van der Waals surface area (Å²) < 4.78 is 20.7. The van der Waals surface area contributed by atoms with Gasteiger partial charge in [0.05, 0.1) is 16.5 Å². The molecule has 210 valence electrons. The number of amides is 1. The highest BCUT2D eigenvalue weighted by atomic mass is 32.2. The van der Waals surface area contributed by atoms with Crippen LogP contribution in [0.2, 0.25) is 0 Å². The third-order valence-corrected chi connectivity index (χ3v) is 9.50.